The van der Waals surface area contributed by atoms with Crippen LogP contribution in [0, 0.1) is 27.7 Å². The smallest absolute Gasteiger partial charge is 0.159 e. The summed E-state index contributed by atoms with van der Waals surface area (Å²) in [5, 5.41) is 13.2. The number of nitrogens with zero attached hydrogens (tertiary/aromatic N) is 2. The summed E-state index contributed by atoms with van der Waals surface area (Å²) in [5.74, 6) is 0.138. The van der Waals surface area contributed by atoms with Gasteiger partial charge in [0.15, 0.2) is 11.2 Å². The number of anilines is 6. The molecule has 408 valence electrons. The van der Waals surface area contributed by atoms with Gasteiger partial charge in [0.1, 0.15) is 33.5 Å². The van der Waals surface area contributed by atoms with E-state index >= 15 is 0 Å². The Morgan fingerprint density at radius 1 is 0.337 bits per heavy atom. The fourth-order valence-electron chi connectivity index (χ4n) is 13.7. The lowest BCUT2D eigenvalue weighted by molar-refractivity contribution is 0.572. The molecule has 15 aromatic rings. The average molecular weight is 1080 g/mol. The molecule has 0 amide bonds. The zero-order chi connectivity index (χ0) is 57.1. The molecule has 11 aromatic carbocycles. The van der Waals surface area contributed by atoms with Crippen LogP contribution in [0.15, 0.2) is 194 Å². The summed E-state index contributed by atoms with van der Waals surface area (Å²) in [7, 11) is 0. The third-order valence-corrected chi connectivity index (χ3v) is 17.6. The van der Waals surface area contributed by atoms with Crippen LogP contribution in [-0.4, -0.2) is 0 Å². The average Bonchev–Trinajstić information content (AvgIpc) is 2.42. The quantitative estimate of drug-likeness (QED) is 0.159. The molecule has 0 atom stereocenters. The molecule has 0 saturated carbocycles. The highest BCUT2D eigenvalue weighted by atomic mass is 16.3. The summed E-state index contributed by atoms with van der Waals surface area (Å²) in [6, 6.07) is 64.2. The van der Waals surface area contributed by atoms with E-state index in [4.69, 9.17) is 17.7 Å². The van der Waals surface area contributed by atoms with Gasteiger partial charge in [-0.05, 0) is 155 Å². The summed E-state index contributed by atoms with van der Waals surface area (Å²) in [6.45, 7) is 26.8. The van der Waals surface area contributed by atoms with Gasteiger partial charge in [0.25, 0.3) is 0 Å². The number of hydrogen-bond donors (Lipinski definition) is 0. The molecule has 15 rings (SSSR count). The second kappa shape index (κ2) is 18.1. The van der Waals surface area contributed by atoms with Crippen LogP contribution >= 0.6 is 0 Å². The zero-order valence-electron chi connectivity index (χ0n) is 49.3. The number of rotatable bonds is 7. The minimum absolute atomic E-state index is 0.0907. The van der Waals surface area contributed by atoms with Crippen molar-refractivity contribution in [3.05, 3.63) is 215 Å². The van der Waals surface area contributed by atoms with Crippen molar-refractivity contribution in [3.63, 3.8) is 0 Å². The van der Waals surface area contributed by atoms with Gasteiger partial charge >= 0.3 is 0 Å². The van der Waals surface area contributed by atoms with Crippen molar-refractivity contribution in [3.8, 4) is 0 Å². The van der Waals surface area contributed by atoms with Crippen LogP contribution in [-0.2, 0) is 10.8 Å². The number of para-hydroxylation sites is 6. The van der Waals surface area contributed by atoms with Gasteiger partial charge in [0.2, 0.25) is 0 Å². The molecule has 0 saturated heterocycles. The Hall–Kier alpha value is -9.26. The van der Waals surface area contributed by atoms with Gasteiger partial charge < -0.3 is 27.5 Å². The maximum absolute atomic E-state index is 7.14. The van der Waals surface area contributed by atoms with Gasteiger partial charge in [-0.25, -0.2) is 0 Å². The summed E-state index contributed by atoms with van der Waals surface area (Å²) in [5.41, 5.74) is 21.5. The lowest BCUT2D eigenvalue weighted by Crippen LogP contribution is -2.13. The van der Waals surface area contributed by atoms with Crippen molar-refractivity contribution >= 4 is 143 Å². The molecule has 83 heavy (non-hydrogen) atoms. The molecule has 0 radical (unpaired) electrons. The summed E-state index contributed by atoms with van der Waals surface area (Å²) in [4.78, 5) is 4.78. The normalized spacial score (nSPS) is 12.7. The van der Waals surface area contributed by atoms with Gasteiger partial charge in [-0.3, -0.25) is 0 Å². The predicted molar refractivity (Wildman–Crippen MR) is 350 cm³/mol. The molecule has 4 aromatic heterocycles. The number of fused-ring (bicyclic) bond motifs is 14. The highest BCUT2D eigenvalue weighted by molar-refractivity contribution is 6.21. The van der Waals surface area contributed by atoms with Crippen LogP contribution in [0.4, 0.5) is 34.1 Å². The van der Waals surface area contributed by atoms with Crippen LogP contribution in [0.1, 0.15) is 100 Å². The maximum Gasteiger partial charge on any atom is 0.159 e. The minimum atomic E-state index is -0.0907. The van der Waals surface area contributed by atoms with E-state index in [1.807, 2.05) is 0 Å². The van der Waals surface area contributed by atoms with Crippen molar-refractivity contribution in [2.45, 2.75) is 99.8 Å². The largest absolute Gasteiger partial charge is 0.456 e. The van der Waals surface area contributed by atoms with Crippen LogP contribution in [0.25, 0.3) is 109 Å². The Bertz CT molecular complexity index is 4970. The standard InChI is InChI=1S/C77H66N2O4/c1-42(2)67-68-59-38-48-32-34-52(79(70-45(5)21-14-22-46(70)6)63-30-18-26-56-54-24-16-28-61(77(10,11)12)72(54)83-74(56)63)36-50(48)40-65(59)80-66(68)41-58-57-37-47-31-33-51(35-49(47)39-64(57)81-75(58)67)78(69-43(3)19-13-20-44(69)4)62-29-17-25-55-53-23-15-27-60(76(7,8)9)71(53)82-73(55)62/h13-42H,1-12H3. The number of hydrogen-bond acceptors (Lipinski definition) is 6. The Morgan fingerprint density at radius 2 is 0.759 bits per heavy atom. The molecule has 0 aliphatic rings. The lowest BCUT2D eigenvalue weighted by Gasteiger charge is -2.29. The highest BCUT2D eigenvalue weighted by Gasteiger charge is 2.29. The van der Waals surface area contributed by atoms with Crippen LogP contribution in [0.2, 0.25) is 0 Å². The molecular formula is C77H66N2O4. The molecule has 6 heteroatoms. The Kier molecular flexibility index (Phi) is 11.1. The van der Waals surface area contributed by atoms with Crippen LogP contribution < -0.4 is 9.80 Å². The fourth-order valence-corrected chi connectivity index (χ4v) is 13.7. The first kappa shape index (κ1) is 50.7. The Balaban J connectivity index is 0.873. The van der Waals surface area contributed by atoms with E-state index in [-0.39, 0.29) is 16.7 Å². The molecule has 0 unspecified atom stereocenters. The van der Waals surface area contributed by atoms with Crippen molar-refractivity contribution in [1.82, 2.24) is 0 Å². The lowest BCUT2D eigenvalue weighted by atomic mass is 9.86. The fraction of sp³-hybridized carbons (Fsp3) is 0.195. The van der Waals surface area contributed by atoms with Crippen molar-refractivity contribution in [2.24, 2.45) is 0 Å². The summed E-state index contributed by atoms with van der Waals surface area (Å²) < 4.78 is 28.3. The maximum atomic E-state index is 7.14. The SMILES string of the molecule is Cc1cccc(C)c1N(c1ccc2cc3c(cc2c1)oc1c(C(C)C)c2c(cc13)oc1cc3cc(N(c4c(C)cccc4C)c4cccc5c4oc4c(C(C)(C)C)cccc45)ccc3cc12)c1cccc2c1oc1c(C(C)(C)C)cccc12. The molecule has 6 nitrogen and oxygen atoms in total. The third-order valence-electron chi connectivity index (χ3n) is 17.6. The Morgan fingerprint density at radius 3 is 1.22 bits per heavy atom. The van der Waals surface area contributed by atoms with Crippen LogP contribution in [0.3, 0.4) is 0 Å². The first-order valence-corrected chi connectivity index (χ1v) is 29.2. The summed E-state index contributed by atoms with van der Waals surface area (Å²) >= 11 is 0. The number of aryl methyl sites for hydroxylation is 4. The van der Waals surface area contributed by atoms with Gasteiger partial charge in [-0.2, -0.15) is 0 Å². The van der Waals surface area contributed by atoms with Gasteiger partial charge in [-0.15, -0.1) is 0 Å². The second-order valence-corrected chi connectivity index (χ2v) is 25.7. The predicted octanol–water partition coefficient (Wildman–Crippen LogP) is 23.5. The highest BCUT2D eigenvalue weighted by Crippen LogP contribution is 2.51. The van der Waals surface area contributed by atoms with E-state index in [9.17, 15) is 0 Å². The van der Waals surface area contributed by atoms with Gasteiger partial charge in [-0.1, -0.05) is 165 Å². The van der Waals surface area contributed by atoms with E-state index in [0.717, 1.165) is 149 Å². The van der Waals surface area contributed by atoms with E-state index in [2.05, 4.69) is 269 Å². The number of benzene rings is 11. The van der Waals surface area contributed by atoms with E-state index in [1.165, 1.54) is 33.4 Å². The molecule has 0 fully saturated rings. The third kappa shape index (κ3) is 7.75. The van der Waals surface area contributed by atoms with E-state index < -0.39 is 0 Å². The second-order valence-electron chi connectivity index (χ2n) is 25.7. The molecule has 0 aliphatic carbocycles. The van der Waals surface area contributed by atoms with Crippen molar-refractivity contribution < 1.29 is 17.7 Å². The van der Waals surface area contributed by atoms with E-state index in [1.54, 1.807) is 0 Å². The van der Waals surface area contributed by atoms with Crippen LogP contribution in [0.5, 0.6) is 0 Å². The molecule has 0 aliphatic heterocycles. The van der Waals surface area contributed by atoms with Crippen molar-refractivity contribution in [1.29, 1.82) is 0 Å². The topological polar surface area (TPSA) is 59.0 Å². The monoisotopic (exact) mass is 1080 g/mol. The Labute approximate surface area is 483 Å². The molecular weight excluding hydrogens is 1020 g/mol. The number of furan rings is 4. The minimum Gasteiger partial charge on any atom is -0.456 e. The van der Waals surface area contributed by atoms with E-state index in [0.29, 0.717) is 0 Å². The zero-order valence-corrected chi connectivity index (χ0v) is 49.3. The summed E-state index contributed by atoms with van der Waals surface area (Å²) in [6.07, 6.45) is 0. The van der Waals surface area contributed by atoms with Crippen molar-refractivity contribution in [2.75, 3.05) is 9.80 Å². The molecule has 0 N–H and O–H groups in total. The first-order valence-electron chi connectivity index (χ1n) is 29.2. The molecule has 4 heterocycles. The molecule has 0 bridgehead atoms. The molecule has 0 spiro atoms. The van der Waals surface area contributed by atoms with Gasteiger partial charge in [0, 0.05) is 71.2 Å². The first-order chi connectivity index (χ1) is 39.9. The van der Waals surface area contributed by atoms with Gasteiger partial charge in [0.05, 0.1) is 22.7 Å².